The lowest BCUT2D eigenvalue weighted by Gasteiger charge is -1.86. The van der Waals surface area contributed by atoms with Crippen LogP contribution in [-0.2, 0) is 0 Å². The van der Waals surface area contributed by atoms with E-state index in [1.165, 1.54) is 0 Å². The summed E-state index contributed by atoms with van der Waals surface area (Å²) >= 11 is 5.57. The van der Waals surface area contributed by atoms with E-state index in [1.807, 2.05) is 0 Å². The van der Waals surface area contributed by atoms with E-state index >= 15 is 0 Å². The largest absolute Gasteiger partial charge is 0.238 e. The molecule has 0 saturated heterocycles. The van der Waals surface area contributed by atoms with Gasteiger partial charge in [0, 0.05) is 5.02 Å². The normalized spacial score (nSPS) is 6.91. The Morgan fingerprint density at radius 1 is 1.09 bits per heavy atom. The third-order valence-corrected chi connectivity index (χ3v) is 1.21. The molecule has 0 radical (unpaired) electrons. The predicted molar refractivity (Wildman–Crippen MR) is 52.2 cm³/mol. The first kappa shape index (κ1) is 13.2. The number of benzene rings is 1. The molecule has 0 saturated carbocycles. The van der Waals surface area contributed by atoms with Gasteiger partial charge in [0.2, 0.25) is 0 Å². The van der Waals surface area contributed by atoms with Crippen molar-refractivity contribution in [2.75, 3.05) is 0 Å². The fourth-order valence-electron chi connectivity index (χ4n) is 0.516. The maximum atomic E-state index is 6.60. The molecule has 0 spiro atoms. The van der Waals surface area contributed by atoms with Gasteiger partial charge in [-0.15, -0.1) is 24.8 Å². The van der Waals surface area contributed by atoms with E-state index in [-0.39, 0.29) is 24.8 Å². The molecule has 0 heterocycles. The van der Waals surface area contributed by atoms with Crippen LogP contribution in [0.1, 0.15) is 0 Å². The van der Waals surface area contributed by atoms with Crippen LogP contribution >= 0.6 is 36.4 Å². The van der Waals surface area contributed by atoms with E-state index in [9.17, 15) is 0 Å². The zero-order valence-electron chi connectivity index (χ0n) is 5.45. The van der Waals surface area contributed by atoms with Crippen LogP contribution in [0.25, 0.3) is 4.85 Å². The average Bonchev–Trinajstić information content (AvgIpc) is 1.90. The average molecular weight is 210 g/mol. The molecule has 60 valence electrons. The third kappa shape index (κ3) is 4.10. The van der Waals surface area contributed by atoms with Gasteiger partial charge in [0.15, 0.2) is 5.69 Å². The summed E-state index contributed by atoms with van der Waals surface area (Å²) in [4.78, 5) is 3.20. The van der Waals surface area contributed by atoms with Crippen LogP contribution < -0.4 is 0 Å². The summed E-state index contributed by atoms with van der Waals surface area (Å²) in [5, 5.41) is 0.669. The molecule has 0 atom stereocenters. The Morgan fingerprint density at radius 3 is 1.91 bits per heavy atom. The summed E-state index contributed by atoms with van der Waals surface area (Å²) in [5.41, 5.74) is 0.624. The molecule has 0 aliphatic rings. The van der Waals surface area contributed by atoms with Gasteiger partial charge in [0.05, 0.1) is 6.57 Å². The van der Waals surface area contributed by atoms with Gasteiger partial charge < -0.3 is 0 Å². The van der Waals surface area contributed by atoms with Gasteiger partial charge in [0.25, 0.3) is 0 Å². The Labute approximate surface area is 83.0 Å². The summed E-state index contributed by atoms with van der Waals surface area (Å²) in [5.74, 6) is 0. The summed E-state index contributed by atoms with van der Waals surface area (Å²) in [6.45, 7) is 6.60. The fraction of sp³-hybridized carbons (Fsp3) is 0. The van der Waals surface area contributed by atoms with Crippen molar-refractivity contribution in [3.63, 3.8) is 0 Å². The van der Waals surface area contributed by atoms with Crippen LogP contribution in [-0.4, -0.2) is 0 Å². The summed E-state index contributed by atoms with van der Waals surface area (Å²) in [6, 6.07) is 6.79. The highest BCUT2D eigenvalue weighted by Gasteiger charge is 1.86. The molecule has 1 rings (SSSR count). The number of hydrogen-bond acceptors (Lipinski definition) is 0. The Balaban J connectivity index is 0. The van der Waals surface area contributed by atoms with Crippen LogP contribution in [0.15, 0.2) is 24.3 Å². The van der Waals surface area contributed by atoms with E-state index in [2.05, 4.69) is 4.85 Å². The van der Waals surface area contributed by atoms with Crippen molar-refractivity contribution in [1.29, 1.82) is 0 Å². The third-order valence-electron chi connectivity index (χ3n) is 0.956. The zero-order chi connectivity index (χ0) is 6.69. The second-order valence-electron chi connectivity index (χ2n) is 1.59. The fourth-order valence-corrected chi connectivity index (χ4v) is 0.642. The van der Waals surface area contributed by atoms with Crippen molar-refractivity contribution in [2.45, 2.75) is 0 Å². The maximum absolute atomic E-state index is 6.60. The highest BCUT2D eigenvalue weighted by atomic mass is 35.5. The molecule has 0 N–H and O–H groups in total. The summed E-state index contributed by atoms with van der Waals surface area (Å²) in [7, 11) is 0. The monoisotopic (exact) mass is 209 g/mol. The van der Waals surface area contributed by atoms with Crippen LogP contribution in [0.5, 0.6) is 0 Å². The number of hydrogen-bond donors (Lipinski definition) is 0. The zero-order valence-corrected chi connectivity index (χ0v) is 7.84. The van der Waals surface area contributed by atoms with E-state index in [0.717, 1.165) is 0 Å². The van der Waals surface area contributed by atoms with E-state index in [0.29, 0.717) is 10.7 Å². The second-order valence-corrected chi connectivity index (χ2v) is 2.02. The molecule has 1 aromatic carbocycles. The first-order valence-corrected chi connectivity index (χ1v) is 2.84. The Kier molecular flexibility index (Phi) is 7.55. The molecule has 1 nitrogen and oxygen atoms in total. The van der Waals surface area contributed by atoms with Gasteiger partial charge in [-0.1, -0.05) is 35.9 Å². The van der Waals surface area contributed by atoms with Crippen molar-refractivity contribution >= 4 is 42.1 Å². The topological polar surface area (TPSA) is 4.36 Å². The Bertz CT molecular complexity index is 237. The van der Waals surface area contributed by atoms with Gasteiger partial charge in [-0.05, 0) is 0 Å². The Morgan fingerprint density at radius 2 is 1.55 bits per heavy atom. The minimum absolute atomic E-state index is 0. The molecule has 0 bridgehead atoms. The van der Waals surface area contributed by atoms with Crippen molar-refractivity contribution in [3.05, 3.63) is 40.7 Å². The molecule has 0 amide bonds. The van der Waals surface area contributed by atoms with E-state index in [1.54, 1.807) is 24.3 Å². The smallest absolute Gasteiger partial charge is 0.187 e. The van der Waals surface area contributed by atoms with Gasteiger partial charge in [0.1, 0.15) is 0 Å². The molecule has 0 fully saturated rings. The molecular formula is C7H6Cl3N. The minimum Gasteiger partial charge on any atom is -0.238 e. The quantitative estimate of drug-likeness (QED) is 0.575. The van der Waals surface area contributed by atoms with Crippen LogP contribution in [0, 0.1) is 6.57 Å². The number of nitrogens with zero attached hydrogens (tertiary/aromatic N) is 1. The lowest BCUT2D eigenvalue weighted by atomic mass is 10.3. The van der Waals surface area contributed by atoms with Crippen LogP contribution in [0.3, 0.4) is 0 Å². The summed E-state index contributed by atoms with van der Waals surface area (Å²) in [6.07, 6.45) is 0. The highest BCUT2D eigenvalue weighted by Crippen LogP contribution is 2.15. The lowest BCUT2D eigenvalue weighted by Crippen LogP contribution is -1.59. The second kappa shape index (κ2) is 6.30. The highest BCUT2D eigenvalue weighted by molar-refractivity contribution is 6.30. The van der Waals surface area contributed by atoms with Gasteiger partial charge >= 0.3 is 0 Å². The van der Waals surface area contributed by atoms with Crippen molar-refractivity contribution in [2.24, 2.45) is 0 Å². The molecule has 1 aromatic rings. The SMILES string of the molecule is Cl.Cl.[C-]#[N+]c1ccc(Cl)cc1. The molecule has 0 unspecified atom stereocenters. The standard InChI is InChI=1S/C7H4ClN.2ClH/c1-9-7-4-2-6(8)3-5-7;;/h2-5H;2*1H. The predicted octanol–water partition coefficient (Wildman–Crippen LogP) is 3.73. The number of rotatable bonds is 0. The first-order valence-electron chi connectivity index (χ1n) is 2.46. The molecule has 4 heteroatoms. The lowest BCUT2D eigenvalue weighted by molar-refractivity contribution is 1.72. The molecule has 0 aliphatic heterocycles. The maximum Gasteiger partial charge on any atom is 0.187 e. The van der Waals surface area contributed by atoms with E-state index in [4.69, 9.17) is 18.2 Å². The minimum atomic E-state index is 0. The molecule has 0 aliphatic carbocycles. The van der Waals surface area contributed by atoms with Crippen LogP contribution in [0.2, 0.25) is 5.02 Å². The van der Waals surface area contributed by atoms with Crippen molar-refractivity contribution in [3.8, 4) is 0 Å². The van der Waals surface area contributed by atoms with Crippen molar-refractivity contribution in [1.82, 2.24) is 0 Å². The first-order chi connectivity index (χ1) is 4.33. The van der Waals surface area contributed by atoms with Gasteiger partial charge in [-0.2, -0.15) is 0 Å². The van der Waals surface area contributed by atoms with Gasteiger partial charge in [-0.3, -0.25) is 0 Å². The molecule has 11 heavy (non-hydrogen) atoms. The number of halogens is 3. The van der Waals surface area contributed by atoms with Gasteiger partial charge in [-0.25, -0.2) is 4.85 Å². The summed E-state index contributed by atoms with van der Waals surface area (Å²) < 4.78 is 0. The molecule has 0 aromatic heterocycles. The molecular weight excluding hydrogens is 204 g/mol. The van der Waals surface area contributed by atoms with Crippen LogP contribution in [0.4, 0.5) is 5.69 Å². The Hall–Kier alpha value is -0.420. The van der Waals surface area contributed by atoms with Crippen molar-refractivity contribution < 1.29 is 0 Å². The van der Waals surface area contributed by atoms with E-state index < -0.39 is 0 Å².